The molecule has 4 nitrogen and oxygen atoms in total. The molecule has 0 radical (unpaired) electrons. The first-order valence-electron chi connectivity index (χ1n) is 13.0. The third-order valence-corrected chi connectivity index (χ3v) is 7.64. The molecule has 1 N–H and O–H groups in total. The molecule has 1 saturated carbocycles. The van der Waals surface area contributed by atoms with Gasteiger partial charge in [0.2, 0.25) is 11.8 Å². The summed E-state index contributed by atoms with van der Waals surface area (Å²) < 4.78 is 0. The summed E-state index contributed by atoms with van der Waals surface area (Å²) in [6.45, 7) is 2.37. The molecule has 0 saturated heterocycles. The molecule has 37 heavy (non-hydrogen) atoms. The molecule has 1 atom stereocenters. The van der Waals surface area contributed by atoms with E-state index in [2.05, 4.69) is 5.32 Å². The van der Waals surface area contributed by atoms with Crippen molar-refractivity contribution in [1.29, 1.82) is 0 Å². The number of carbonyl (C=O) groups is 2. The molecule has 0 spiro atoms. The number of benzene rings is 3. The summed E-state index contributed by atoms with van der Waals surface area (Å²) in [5, 5.41) is 4.24. The average molecular weight is 538 g/mol. The minimum Gasteiger partial charge on any atom is -0.352 e. The van der Waals surface area contributed by atoms with Crippen LogP contribution in [-0.4, -0.2) is 28.8 Å². The van der Waals surface area contributed by atoms with E-state index in [1.54, 1.807) is 23.1 Å². The van der Waals surface area contributed by atoms with E-state index in [-0.39, 0.29) is 24.3 Å². The first-order valence-corrected chi connectivity index (χ1v) is 13.8. The van der Waals surface area contributed by atoms with Crippen LogP contribution in [0.1, 0.15) is 54.4 Å². The molecule has 3 aromatic carbocycles. The number of amides is 2. The molecule has 0 unspecified atom stereocenters. The zero-order chi connectivity index (χ0) is 26.2. The molecule has 194 valence electrons. The Hall–Kier alpha value is -2.82. The number of nitrogens with one attached hydrogen (secondary N) is 1. The van der Waals surface area contributed by atoms with Gasteiger partial charge in [0.05, 0.1) is 6.42 Å². The van der Waals surface area contributed by atoms with Crippen molar-refractivity contribution >= 4 is 35.0 Å². The fourth-order valence-corrected chi connectivity index (χ4v) is 5.39. The largest absolute Gasteiger partial charge is 0.352 e. The first kappa shape index (κ1) is 27.2. The van der Waals surface area contributed by atoms with E-state index in [1.165, 1.54) is 6.42 Å². The molecule has 0 bridgehead atoms. The van der Waals surface area contributed by atoms with Crippen molar-refractivity contribution in [2.75, 3.05) is 0 Å². The quantitative estimate of drug-likeness (QED) is 0.322. The smallest absolute Gasteiger partial charge is 0.243 e. The zero-order valence-corrected chi connectivity index (χ0v) is 22.8. The molecule has 1 fully saturated rings. The van der Waals surface area contributed by atoms with Gasteiger partial charge in [0.15, 0.2) is 0 Å². The van der Waals surface area contributed by atoms with Gasteiger partial charge < -0.3 is 10.2 Å². The van der Waals surface area contributed by atoms with E-state index >= 15 is 0 Å². The minimum absolute atomic E-state index is 0.0872. The number of nitrogens with zero attached hydrogens (tertiary/aromatic N) is 1. The number of hydrogen-bond acceptors (Lipinski definition) is 2. The van der Waals surface area contributed by atoms with E-state index in [0.29, 0.717) is 28.6 Å². The Morgan fingerprint density at radius 2 is 1.62 bits per heavy atom. The summed E-state index contributed by atoms with van der Waals surface area (Å²) in [5.41, 5.74) is 3.82. The molecule has 2 amide bonds. The Bertz CT molecular complexity index is 1190. The normalized spacial score (nSPS) is 14.7. The van der Waals surface area contributed by atoms with Crippen LogP contribution in [0.3, 0.4) is 0 Å². The van der Waals surface area contributed by atoms with E-state index in [4.69, 9.17) is 23.2 Å². The molecule has 4 rings (SSSR count). The van der Waals surface area contributed by atoms with Crippen LogP contribution in [0.2, 0.25) is 10.0 Å². The van der Waals surface area contributed by atoms with Crippen LogP contribution in [0.4, 0.5) is 0 Å². The third-order valence-electron chi connectivity index (χ3n) is 7.05. The van der Waals surface area contributed by atoms with Crippen molar-refractivity contribution in [3.8, 4) is 0 Å². The van der Waals surface area contributed by atoms with Gasteiger partial charge in [0.25, 0.3) is 0 Å². The van der Waals surface area contributed by atoms with Crippen LogP contribution in [-0.2, 0) is 29.0 Å². The van der Waals surface area contributed by atoms with Gasteiger partial charge in [-0.05, 0) is 48.6 Å². The predicted molar refractivity (Wildman–Crippen MR) is 151 cm³/mol. The highest BCUT2D eigenvalue weighted by atomic mass is 35.5. The van der Waals surface area contributed by atoms with E-state index in [9.17, 15) is 9.59 Å². The minimum atomic E-state index is -0.649. The maximum atomic E-state index is 13.9. The summed E-state index contributed by atoms with van der Waals surface area (Å²) in [4.78, 5) is 29.4. The molecule has 6 heteroatoms. The summed E-state index contributed by atoms with van der Waals surface area (Å²) in [6.07, 6.45) is 5.94. The lowest BCUT2D eigenvalue weighted by atomic mass is 9.94. The number of halogens is 2. The monoisotopic (exact) mass is 536 g/mol. The number of carbonyl (C=O) groups excluding carboxylic acids is 2. The van der Waals surface area contributed by atoms with Gasteiger partial charge in [-0.15, -0.1) is 0 Å². The predicted octanol–water partition coefficient (Wildman–Crippen LogP) is 6.93. The number of hydrogen-bond donors (Lipinski definition) is 1. The summed E-state index contributed by atoms with van der Waals surface area (Å²) >= 11 is 12.5. The lowest BCUT2D eigenvalue weighted by Crippen LogP contribution is -2.53. The van der Waals surface area contributed by atoms with Crippen LogP contribution in [0, 0.1) is 6.92 Å². The average Bonchev–Trinajstić information content (AvgIpc) is 2.90. The number of rotatable bonds is 9. The third kappa shape index (κ3) is 7.83. The van der Waals surface area contributed by atoms with Crippen LogP contribution in [0.5, 0.6) is 0 Å². The van der Waals surface area contributed by atoms with Crippen molar-refractivity contribution in [1.82, 2.24) is 10.2 Å². The fraction of sp³-hybridized carbons (Fsp3) is 0.355. The highest BCUT2D eigenvalue weighted by Gasteiger charge is 2.32. The molecule has 0 heterocycles. The van der Waals surface area contributed by atoms with Crippen molar-refractivity contribution in [2.24, 2.45) is 0 Å². The zero-order valence-electron chi connectivity index (χ0n) is 21.3. The second-order valence-corrected chi connectivity index (χ2v) is 10.8. The van der Waals surface area contributed by atoms with Crippen molar-refractivity contribution < 1.29 is 9.59 Å². The maximum Gasteiger partial charge on any atom is 0.243 e. The first-order chi connectivity index (χ1) is 17.9. The second-order valence-electron chi connectivity index (χ2n) is 9.97. The Morgan fingerprint density at radius 1 is 0.919 bits per heavy atom. The van der Waals surface area contributed by atoms with Gasteiger partial charge in [-0.2, -0.15) is 0 Å². The van der Waals surface area contributed by atoms with Gasteiger partial charge in [0, 0.05) is 29.1 Å². The van der Waals surface area contributed by atoms with E-state index < -0.39 is 6.04 Å². The fourth-order valence-electron chi connectivity index (χ4n) is 4.92. The van der Waals surface area contributed by atoms with E-state index in [0.717, 1.165) is 42.4 Å². The van der Waals surface area contributed by atoms with Gasteiger partial charge in [0.1, 0.15) is 6.04 Å². The van der Waals surface area contributed by atoms with Crippen molar-refractivity contribution in [2.45, 2.75) is 70.5 Å². The second kappa shape index (κ2) is 13.1. The van der Waals surface area contributed by atoms with Crippen LogP contribution in [0.25, 0.3) is 0 Å². The van der Waals surface area contributed by atoms with E-state index in [1.807, 2.05) is 61.5 Å². The molecular weight excluding hydrogens is 503 g/mol. The van der Waals surface area contributed by atoms with Gasteiger partial charge in [-0.1, -0.05) is 109 Å². The number of aryl methyl sites for hydroxylation is 1. The standard InChI is InChI=1S/C31H34Cl2N2O2/c1-22-12-14-24(15-13-22)21-35(30(36)19-25-16-17-26(32)20-28(25)33)29(18-23-8-4-2-5-9-23)31(37)34-27-10-6-3-7-11-27/h2,4-5,8-9,12-17,20,27,29H,3,6-7,10-11,18-19,21H2,1H3,(H,34,37)/t29-/m1/s1. The van der Waals surface area contributed by atoms with Gasteiger partial charge in [-0.3, -0.25) is 9.59 Å². The summed E-state index contributed by atoms with van der Waals surface area (Å²) in [7, 11) is 0. The van der Waals surface area contributed by atoms with Gasteiger partial charge >= 0.3 is 0 Å². The lowest BCUT2D eigenvalue weighted by Gasteiger charge is -2.33. The molecule has 1 aliphatic rings. The Morgan fingerprint density at radius 3 is 2.30 bits per heavy atom. The maximum absolute atomic E-state index is 13.9. The Kier molecular flexibility index (Phi) is 9.65. The molecule has 3 aromatic rings. The molecule has 0 aromatic heterocycles. The van der Waals surface area contributed by atoms with Crippen LogP contribution >= 0.6 is 23.2 Å². The summed E-state index contributed by atoms with van der Waals surface area (Å²) in [5.74, 6) is -0.247. The summed E-state index contributed by atoms with van der Waals surface area (Å²) in [6, 6.07) is 22.7. The Balaban J connectivity index is 1.66. The van der Waals surface area contributed by atoms with Crippen LogP contribution < -0.4 is 5.32 Å². The van der Waals surface area contributed by atoms with Gasteiger partial charge in [-0.25, -0.2) is 0 Å². The topological polar surface area (TPSA) is 49.4 Å². The molecular formula is C31H34Cl2N2O2. The highest BCUT2D eigenvalue weighted by molar-refractivity contribution is 6.35. The highest BCUT2D eigenvalue weighted by Crippen LogP contribution is 2.24. The van der Waals surface area contributed by atoms with Crippen LogP contribution in [0.15, 0.2) is 72.8 Å². The molecule has 1 aliphatic carbocycles. The molecule has 0 aliphatic heterocycles. The SMILES string of the molecule is Cc1ccc(CN(C(=O)Cc2ccc(Cl)cc2Cl)[C@H](Cc2ccccc2)C(=O)NC2CCCCC2)cc1. The van der Waals surface area contributed by atoms with Crippen molar-refractivity contribution in [3.05, 3.63) is 105 Å². The van der Waals surface area contributed by atoms with Crippen molar-refractivity contribution in [3.63, 3.8) is 0 Å². The Labute approximate surface area is 230 Å². The lowest BCUT2D eigenvalue weighted by molar-refractivity contribution is -0.141.